The topological polar surface area (TPSA) is 86.9 Å². The molecule has 0 aromatic heterocycles. The first-order valence-electron chi connectivity index (χ1n) is 15.5. The molecule has 43 heavy (non-hydrogen) atoms. The summed E-state index contributed by atoms with van der Waals surface area (Å²) in [6.07, 6.45) is 3.18. The molecule has 1 saturated heterocycles. The fraction of sp³-hybridized carbons (Fsp3) is 0.417. The van der Waals surface area contributed by atoms with Gasteiger partial charge in [0, 0.05) is 5.41 Å². The van der Waals surface area contributed by atoms with E-state index in [4.69, 9.17) is 4.74 Å². The van der Waals surface area contributed by atoms with Gasteiger partial charge in [-0.05, 0) is 60.3 Å². The first-order valence-corrected chi connectivity index (χ1v) is 15.5. The number of hydrazine groups is 1. The van der Waals surface area contributed by atoms with E-state index >= 15 is 0 Å². The number of nitrogens with zero attached hydrogens (tertiary/aromatic N) is 2. The second-order valence-corrected chi connectivity index (χ2v) is 13.2. The second kappa shape index (κ2) is 9.86. The Morgan fingerprint density at radius 3 is 1.95 bits per heavy atom. The number of carbonyl (C=O) groups excluding carboxylic acids is 3. The molecule has 2 aliphatic heterocycles. The molecule has 6 atom stereocenters. The van der Waals surface area contributed by atoms with Gasteiger partial charge in [-0.15, -0.1) is 0 Å². The molecule has 3 aromatic carbocycles. The summed E-state index contributed by atoms with van der Waals surface area (Å²) in [5, 5.41) is 15.9. The van der Waals surface area contributed by atoms with E-state index in [9.17, 15) is 19.5 Å². The molecule has 0 spiro atoms. The third-order valence-electron chi connectivity index (χ3n) is 11.1. The second-order valence-electron chi connectivity index (χ2n) is 13.2. The molecule has 222 valence electrons. The van der Waals surface area contributed by atoms with Crippen LogP contribution in [0.15, 0.2) is 84.9 Å². The normalized spacial score (nSPS) is 30.4. The van der Waals surface area contributed by atoms with Crippen molar-refractivity contribution in [1.82, 2.24) is 10.0 Å². The predicted molar refractivity (Wildman–Crippen MR) is 161 cm³/mol. The van der Waals surface area contributed by atoms with Crippen LogP contribution in [0.3, 0.4) is 0 Å². The molecule has 7 heteroatoms. The van der Waals surface area contributed by atoms with Crippen molar-refractivity contribution in [1.29, 1.82) is 0 Å². The minimum absolute atomic E-state index is 0.266. The molecule has 3 aromatic rings. The van der Waals surface area contributed by atoms with Gasteiger partial charge in [0.15, 0.2) is 0 Å². The Hall–Kier alpha value is -3.81. The van der Waals surface area contributed by atoms with E-state index in [0.29, 0.717) is 30.4 Å². The Kier molecular flexibility index (Phi) is 6.42. The molecular formula is C36H38N2O5. The molecule has 7 rings (SSSR count). The van der Waals surface area contributed by atoms with Crippen molar-refractivity contribution in [3.05, 3.63) is 107 Å². The fourth-order valence-corrected chi connectivity index (χ4v) is 8.95. The summed E-state index contributed by atoms with van der Waals surface area (Å²) in [5.74, 6) is -0.984. The highest BCUT2D eigenvalue weighted by atomic mass is 16.6. The van der Waals surface area contributed by atoms with Gasteiger partial charge in [0.05, 0.1) is 17.2 Å². The molecule has 2 bridgehead atoms. The molecule has 3 fully saturated rings. The maximum atomic E-state index is 14.1. The summed E-state index contributed by atoms with van der Waals surface area (Å²) in [6.45, 7) is 6.43. The highest BCUT2D eigenvalue weighted by Crippen LogP contribution is 2.73. The molecule has 2 saturated carbocycles. The summed E-state index contributed by atoms with van der Waals surface area (Å²) in [4.78, 5) is 40.8. The largest absolute Gasteiger partial charge is 0.460 e. The molecular weight excluding hydrogens is 540 g/mol. The number of benzene rings is 3. The lowest BCUT2D eigenvalue weighted by Crippen LogP contribution is -2.57. The van der Waals surface area contributed by atoms with Crippen molar-refractivity contribution in [2.45, 2.75) is 76.7 Å². The lowest BCUT2D eigenvalue weighted by molar-refractivity contribution is -0.185. The van der Waals surface area contributed by atoms with Gasteiger partial charge in [0.25, 0.3) is 11.8 Å². The number of hydrogen-bond acceptors (Lipinski definition) is 6. The fourth-order valence-electron chi connectivity index (χ4n) is 8.95. The van der Waals surface area contributed by atoms with E-state index in [0.717, 1.165) is 29.0 Å². The van der Waals surface area contributed by atoms with Crippen LogP contribution in [0.5, 0.6) is 0 Å². The van der Waals surface area contributed by atoms with Crippen molar-refractivity contribution in [3.63, 3.8) is 0 Å². The molecule has 1 unspecified atom stereocenters. The summed E-state index contributed by atoms with van der Waals surface area (Å²) >= 11 is 0. The number of amides is 2. The van der Waals surface area contributed by atoms with E-state index in [1.54, 1.807) is 29.3 Å². The molecule has 2 aliphatic carbocycles. The van der Waals surface area contributed by atoms with Crippen molar-refractivity contribution in [3.8, 4) is 0 Å². The van der Waals surface area contributed by atoms with E-state index in [-0.39, 0.29) is 17.4 Å². The summed E-state index contributed by atoms with van der Waals surface area (Å²) < 4.78 is 6.52. The van der Waals surface area contributed by atoms with Crippen LogP contribution in [0, 0.1) is 16.7 Å². The third kappa shape index (κ3) is 3.71. The van der Waals surface area contributed by atoms with E-state index < -0.39 is 40.9 Å². The number of carbonyl (C=O) groups is 3. The number of ether oxygens (including phenoxy) is 1. The van der Waals surface area contributed by atoms with Crippen LogP contribution in [0.4, 0.5) is 0 Å². The zero-order valence-electron chi connectivity index (χ0n) is 24.9. The van der Waals surface area contributed by atoms with Gasteiger partial charge < -0.3 is 9.84 Å². The zero-order chi connectivity index (χ0) is 30.1. The van der Waals surface area contributed by atoms with Gasteiger partial charge in [0.2, 0.25) is 0 Å². The Morgan fingerprint density at radius 1 is 0.907 bits per heavy atom. The number of imide groups is 1. The molecule has 2 heterocycles. The van der Waals surface area contributed by atoms with Crippen molar-refractivity contribution in [2.24, 2.45) is 16.7 Å². The summed E-state index contributed by atoms with van der Waals surface area (Å²) in [5.41, 5.74) is -0.283. The number of esters is 1. The Bertz CT molecular complexity index is 1510. The third-order valence-corrected chi connectivity index (χ3v) is 11.1. The molecule has 4 aliphatic rings. The van der Waals surface area contributed by atoms with Crippen LogP contribution in [0.1, 0.15) is 84.7 Å². The van der Waals surface area contributed by atoms with Gasteiger partial charge in [-0.25, -0.2) is 5.01 Å². The molecule has 7 nitrogen and oxygen atoms in total. The van der Waals surface area contributed by atoms with Crippen molar-refractivity contribution in [2.75, 3.05) is 0 Å². The highest BCUT2D eigenvalue weighted by molar-refractivity contribution is 6.21. The average molecular weight is 579 g/mol. The molecule has 1 N–H and O–H groups in total. The van der Waals surface area contributed by atoms with Gasteiger partial charge in [-0.1, -0.05) is 100.0 Å². The van der Waals surface area contributed by atoms with Crippen molar-refractivity contribution < 1.29 is 24.2 Å². The summed E-state index contributed by atoms with van der Waals surface area (Å²) in [6, 6.07) is 25.2. The lowest BCUT2D eigenvalue weighted by atomic mass is 9.54. The van der Waals surface area contributed by atoms with E-state index in [2.05, 4.69) is 13.8 Å². The van der Waals surface area contributed by atoms with Crippen molar-refractivity contribution >= 4 is 17.8 Å². The summed E-state index contributed by atoms with van der Waals surface area (Å²) in [7, 11) is 0. The SMILES string of the molecule is CCC[C@H]1[C@H](C(=O)O[C@@H]2C[C@H]3CC[C@]2(C(O)(c2ccccc2)c2ccccc2)C3(C)C)N1N1C(=O)c2ccccc2C1=O. The van der Waals surface area contributed by atoms with Crippen LogP contribution < -0.4 is 0 Å². The zero-order valence-corrected chi connectivity index (χ0v) is 24.9. The monoisotopic (exact) mass is 578 g/mol. The number of fused-ring (bicyclic) bond motifs is 3. The first kappa shape index (κ1) is 28.0. The van der Waals surface area contributed by atoms with Gasteiger partial charge in [-0.3, -0.25) is 14.4 Å². The maximum Gasteiger partial charge on any atom is 0.327 e. The first-order chi connectivity index (χ1) is 20.7. The number of hydrogen-bond donors (Lipinski definition) is 1. The smallest absolute Gasteiger partial charge is 0.327 e. The van der Waals surface area contributed by atoms with Crippen LogP contribution in [0.2, 0.25) is 0 Å². The van der Waals surface area contributed by atoms with Crippen LogP contribution >= 0.6 is 0 Å². The molecule has 0 radical (unpaired) electrons. The Labute approximate surface area is 252 Å². The van der Waals surface area contributed by atoms with Crippen LogP contribution in [-0.4, -0.2) is 51.1 Å². The van der Waals surface area contributed by atoms with E-state index in [1.807, 2.05) is 67.6 Å². The van der Waals surface area contributed by atoms with E-state index in [1.165, 1.54) is 0 Å². The Morgan fingerprint density at radius 2 is 1.44 bits per heavy atom. The standard InChI is InChI=1S/C36H38N2O5/c1-4-13-28-30(37(28)38-31(39)26-18-11-12-19-27(26)32(38)40)33(41)43-29-22-25-20-21-35(29,34(25,2)3)36(42,23-14-7-5-8-15-23)24-16-9-6-10-17-24/h5-12,14-19,25,28-30,42H,4,13,20-22H2,1-3H3/t25-,28+,29-,30-,35-,37?/m1/s1. The minimum Gasteiger partial charge on any atom is -0.460 e. The average Bonchev–Trinajstić information content (AvgIpc) is 3.50. The van der Waals surface area contributed by atoms with Gasteiger partial charge in [-0.2, -0.15) is 5.01 Å². The number of rotatable bonds is 8. The Balaban J connectivity index is 1.25. The lowest BCUT2D eigenvalue weighted by Gasteiger charge is -2.53. The highest BCUT2D eigenvalue weighted by Gasteiger charge is 2.74. The van der Waals surface area contributed by atoms with Crippen LogP contribution in [-0.2, 0) is 15.1 Å². The van der Waals surface area contributed by atoms with Crippen LogP contribution in [0.25, 0.3) is 0 Å². The maximum absolute atomic E-state index is 14.1. The quantitative estimate of drug-likeness (QED) is 0.209. The van der Waals surface area contributed by atoms with Gasteiger partial charge in [0.1, 0.15) is 17.7 Å². The molecule has 2 amide bonds. The predicted octanol–water partition coefficient (Wildman–Crippen LogP) is 5.72. The van der Waals surface area contributed by atoms with Gasteiger partial charge >= 0.3 is 5.97 Å². The number of aliphatic hydroxyl groups is 1. The minimum atomic E-state index is -1.41.